The Labute approximate surface area is 267 Å². The third-order valence-electron chi connectivity index (χ3n) is 9.22. The Hall–Kier alpha value is -3.70. The highest BCUT2D eigenvalue weighted by Crippen LogP contribution is 2.48. The summed E-state index contributed by atoms with van der Waals surface area (Å²) in [5.41, 5.74) is 3.76. The van der Waals surface area contributed by atoms with Gasteiger partial charge in [-0.2, -0.15) is 0 Å². The maximum absolute atomic E-state index is 12.5. The molecule has 2 saturated heterocycles. The molecule has 5 heterocycles. The van der Waals surface area contributed by atoms with E-state index in [1.165, 1.54) is 7.11 Å². The minimum absolute atomic E-state index is 0.120. The first-order chi connectivity index (χ1) is 21.8. The summed E-state index contributed by atoms with van der Waals surface area (Å²) < 4.78 is 31.8. The zero-order chi connectivity index (χ0) is 31.1. The third kappa shape index (κ3) is 5.76. The van der Waals surface area contributed by atoms with Crippen LogP contribution in [-0.2, 0) is 33.1 Å². The second-order valence-electron chi connectivity index (χ2n) is 12.1. The number of aromatic nitrogens is 3. The van der Waals surface area contributed by atoms with Crippen LogP contribution in [0.25, 0.3) is 11.0 Å². The molecule has 2 aromatic carbocycles. The summed E-state index contributed by atoms with van der Waals surface area (Å²) in [7, 11) is 2.98. The molecule has 45 heavy (non-hydrogen) atoms. The van der Waals surface area contributed by atoms with E-state index >= 15 is 0 Å². The summed E-state index contributed by atoms with van der Waals surface area (Å²) in [5.74, 6) is 1.15. The van der Waals surface area contributed by atoms with Crippen molar-refractivity contribution in [2.75, 3.05) is 33.9 Å². The maximum atomic E-state index is 12.5. The lowest BCUT2D eigenvalue weighted by Crippen LogP contribution is -2.43. The monoisotopic (exact) mass is 632 g/mol. The standard InChI is InChI=1S/C34H37ClN4O6/c1-34(29-9-8-23(35)18-36-29)44-27-7-5-4-6-25(27)32(45-34)21-10-13-38(14-11-21)20-30-37-31-26(39(30)19-24-12-15-43-24)16-22(33(40)42-3)17-28(31)41-2/h4-9,16-18,21,24,32H,10-15,19-20H2,1-3H3/t24-,32?,34?/m0/s1. The van der Waals surface area contributed by atoms with E-state index in [0.29, 0.717) is 41.0 Å². The Morgan fingerprint density at radius 2 is 1.91 bits per heavy atom. The predicted octanol–water partition coefficient (Wildman–Crippen LogP) is 5.90. The number of halogens is 1. The number of piperidine rings is 1. The summed E-state index contributed by atoms with van der Waals surface area (Å²) >= 11 is 6.12. The molecule has 7 rings (SSSR count). The van der Waals surface area contributed by atoms with E-state index < -0.39 is 11.8 Å². The topological polar surface area (TPSA) is 97.2 Å². The van der Waals surface area contributed by atoms with Gasteiger partial charge in [-0.3, -0.25) is 9.88 Å². The lowest BCUT2D eigenvalue weighted by molar-refractivity contribution is -0.244. The molecule has 4 aromatic rings. The summed E-state index contributed by atoms with van der Waals surface area (Å²) in [6.07, 6.45) is 4.50. The Morgan fingerprint density at radius 1 is 1.11 bits per heavy atom. The lowest BCUT2D eigenvalue weighted by atomic mass is 9.86. The number of benzene rings is 2. The van der Waals surface area contributed by atoms with E-state index in [9.17, 15) is 4.79 Å². The number of pyridine rings is 1. The first-order valence-electron chi connectivity index (χ1n) is 15.4. The molecule has 3 aliphatic heterocycles. The molecule has 0 amide bonds. The average molecular weight is 633 g/mol. The number of ether oxygens (including phenoxy) is 5. The number of nitrogens with zero attached hydrogens (tertiary/aromatic N) is 4. The number of rotatable bonds is 8. The maximum Gasteiger partial charge on any atom is 0.338 e. The molecule has 2 unspecified atom stereocenters. The van der Waals surface area contributed by atoms with E-state index in [-0.39, 0.29) is 12.2 Å². The Balaban J connectivity index is 1.12. The smallest absolute Gasteiger partial charge is 0.338 e. The van der Waals surface area contributed by atoms with Gasteiger partial charge >= 0.3 is 5.97 Å². The minimum Gasteiger partial charge on any atom is -0.494 e. The van der Waals surface area contributed by atoms with Crippen LogP contribution >= 0.6 is 11.6 Å². The Kier molecular flexibility index (Phi) is 8.16. The van der Waals surface area contributed by atoms with Crippen LogP contribution < -0.4 is 9.47 Å². The predicted molar refractivity (Wildman–Crippen MR) is 167 cm³/mol. The van der Waals surface area contributed by atoms with Gasteiger partial charge in [-0.15, -0.1) is 0 Å². The van der Waals surface area contributed by atoms with Crippen molar-refractivity contribution < 1.29 is 28.5 Å². The van der Waals surface area contributed by atoms with Crippen LogP contribution in [0, 0.1) is 5.92 Å². The van der Waals surface area contributed by atoms with Gasteiger partial charge in [0, 0.05) is 25.3 Å². The molecular weight excluding hydrogens is 596 g/mol. The summed E-state index contributed by atoms with van der Waals surface area (Å²) in [6.45, 7) is 5.80. The number of hydrogen-bond acceptors (Lipinski definition) is 9. The molecule has 0 saturated carbocycles. The molecule has 0 bridgehead atoms. The van der Waals surface area contributed by atoms with Gasteiger partial charge in [0.2, 0.25) is 0 Å². The van der Waals surface area contributed by atoms with Crippen molar-refractivity contribution in [2.45, 2.75) is 57.3 Å². The van der Waals surface area contributed by atoms with Crippen molar-refractivity contribution in [3.63, 3.8) is 0 Å². The number of likely N-dealkylation sites (tertiary alicyclic amines) is 1. The molecule has 236 valence electrons. The highest BCUT2D eigenvalue weighted by atomic mass is 35.5. The fourth-order valence-corrected chi connectivity index (χ4v) is 6.77. The van der Waals surface area contributed by atoms with Crippen LogP contribution in [-0.4, -0.2) is 65.4 Å². The molecular formula is C34H37ClN4O6. The quantitative estimate of drug-likeness (QED) is 0.220. The molecule has 2 aromatic heterocycles. The zero-order valence-electron chi connectivity index (χ0n) is 25.7. The van der Waals surface area contributed by atoms with Gasteiger partial charge in [-0.1, -0.05) is 29.8 Å². The van der Waals surface area contributed by atoms with Gasteiger partial charge in [0.05, 0.1) is 55.6 Å². The molecule has 0 radical (unpaired) electrons. The summed E-state index contributed by atoms with van der Waals surface area (Å²) in [6, 6.07) is 15.3. The first-order valence-corrected chi connectivity index (χ1v) is 15.8. The van der Waals surface area contributed by atoms with Gasteiger partial charge in [0.15, 0.2) is 0 Å². The molecule has 3 aliphatic rings. The van der Waals surface area contributed by atoms with Crippen molar-refractivity contribution in [3.8, 4) is 11.5 Å². The van der Waals surface area contributed by atoms with Crippen molar-refractivity contribution in [2.24, 2.45) is 5.92 Å². The van der Waals surface area contributed by atoms with Crippen LogP contribution in [0.4, 0.5) is 0 Å². The number of hydrogen-bond donors (Lipinski definition) is 0. The molecule has 0 N–H and O–H groups in total. The number of imidazole rings is 1. The van der Waals surface area contributed by atoms with E-state index in [1.807, 2.05) is 43.3 Å². The number of esters is 1. The fraction of sp³-hybridized carbons (Fsp3) is 0.441. The number of carbonyl (C=O) groups excluding carboxylic acids is 1. The normalized spacial score (nSPS) is 23.6. The fourth-order valence-electron chi connectivity index (χ4n) is 6.66. The number of para-hydroxylation sites is 1. The van der Waals surface area contributed by atoms with Crippen LogP contribution in [0.2, 0.25) is 5.02 Å². The van der Waals surface area contributed by atoms with Gasteiger partial charge in [-0.05, 0) is 68.6 Å². The zero-order valence-corrected chi connectivity index (χ0v) is 26.5. The van der Waals surface area contributed by atoms with E-state index in [4.69, 9.17) is 40.3 Å². The van der Waals surface area contributed by atoms with Crippen molar-refractivity contribution in [3.05, 3.63) is 82.4 Å². The van der Waals surface area contributed by atoms with Crippen LogP contribution in [0.1, 0.15) is 59.7 Å². The molecule has 11 heteroatoms. The highest BCUT2D eigenvalue weighted by molar-refractivity contribution is 6.30. The van der Waals surface area contributed by atoms with Gasteiger partial charge in [-0.25, -0.2) is 9.78 Å². The minimum atomic E-state index is -1.03. The van der Waals surface area contributed by atoms with Gasteiger partial charge in [0.1, 0.15) is 28.5 Å². The molecule has 2 fully saturated rings. The van der Waals surface area contributed by atoms with Crippen molar-refractivity contribution in [1.29, 1.82) is 0 Å². The molecule has 3 atom stereocenters. The lowest BCUT2D eigenvalue weighted by Gasteiger charge is -2.44. The number of carbonyl (C=O) groups is 1. The Morgan fingerprint density at radius 3 is 2.60 bits per heavy atom. The van der Waals surface area contributed by atoms with Crippen LogP contribution in [0.3, 0.4) is 0 Å². The second kappa shape index (κ2) is 12.2. The number of methoxy groups -OCH3 is 2. The van der Waals surface area contributed by atoms with Crippen LogP contribution in [0.15, 0.2) is 54.7 Å². The van der Waals surface area contributed by atoms with Crippen molar-refractivity contribution >= 4 is 28.6 Å². The third-order valence-corrected chi connectivity index (χ3v) is 9.44. The van der Waals surface area contributed by atoms with E-state index in [1.54, 1.807) is 19.4 Å². The SMILES string of the molecule is COC(=O)c1cc(OC)c2nc(CN3CCC(C4OC(C)(c5ccc(Cl)cn5)Oc5ccccc54)CC3)n(C[C@@H]3CCO3)c2c1. The second-order valence-corrected chi connectivity index (χ2v) is 12.5. The highest BCUT2D eigenvalue weighted by Gasteiger charge is 2.44. The largest absolute Gasteiger partial charge is 0.494 e. The van der Waals surface area contributed by atoms with E-state index in [0.717, 1.165) is 67.1 Å². The van der Waals surface area contributed by atoms with E-state index in [2.05, 4.69) is 20.5 Å². The Bertz CT molecular complexity index is 1700. The first kappa shape index (κ1) is 30.0. The molecule has 0 aliphatic carbocycles. The summed E-state index contributed by atoms with van der Waals surface area (Å²) in [5, 5.41) is 0.568. The van der Waals surface area contributed by atoms with Gasteiger partial charge in [0.25, 0.3) is 5.79 Å². The average Bonchev–Trinajstić information content (AvgIpc) is 3.38. The molecule has 0 spiro atoms. The van der Waals surface area contributed by atoms with Crippen molar-refractivity contribution in [1.82, 2.24) is 19.4 Å². The summed E-state index contributed by atoms with van der Waals surface area (Å²) in [4.78, 5) is 24.5. The number of fused-ring (bicyclic) bond motifs is 2. The van der Waals surface area contributed by atoms with Crippen LogP contribution in [0.5, 0.6) is 11.5 Å². The molecule has 10 nitrogen and oxygen atoms in total. The van der Waals surface area contributed by atoms with Gasteiger partial charge < -0.3 is 28.3 Å².